The molecule has 9 heterocycles. The number of thiophene rings is 2. The van der Waals surface area contributed by atoms with E-state index in [9.17, 15) is 0 Å². The first-order valence-electron chi connectivity index (χ1n) is 32.0. The van der Waals surface area contributed by atoms with Crippen LogP contribution in [-0.2, 0) is 14.1 Å². The first-order chi connectivity index (χ1) is 46.1. The number of hydrogen-bond acceptors (Lipinski definition) is 10. The Morgan fingerprint density at radius 1 is 0.421 bits per heavy atom. The maximum Gasteiger partial charge on any atom is 0.164 e. The fourth-order valence-corrected chi connectivity index (χ4v) is 12.8. The number of para-hydroxylation sites is 7. The number of aromatic nitrogens is 2. The maximum absolute atomic E-state index is 5.51. The third kappa shape index (κ3) is 18.4. The van der Waals surface area contributed by atoms with E-state index < -0.39 is 0 Å². The van der Waals surface area contributed by atoms with Crippen molar-refractivity contribution in [1.29, 1.82) is 0 Å². The van der Waals surface area contributed by atoms with Gasteiger partial charge in [-0.1, -0.05) is 140 Å². The molecule has 6 aromatic heterocycles. The Hall–Kier alpha value is -10.1. The molecule has 0 N–H and O–H groups in total. The van der Waals surface area contributed by atoms with Gasteiger partial charge >= 0.3 is 0 Å². The van der Waals surface area contributed by atoms with Crippen LogP contribution in [0.25, 0.3) is 63.9 Å². The summed E-state index contributed by atoms with van der Waals surface area (Å²) in [5.41, 5.74) is 12.2. The van der Waals surface area contributed by atoms with E-state index in [0.717, 1.165) is 57.0 Å². The van der Waals surface area contributed by atoms with E-state index in [0.29, 0.717) is 33.0 Å². The number of nitrogens with zero attached hydrogens (tertiary/aromatic N) is 2. The lowest BCUT2D eigenvalue weighted by Crippen LogP contribution is -2.25. The lowest BCUT2D eigenvalue weighted by atomic mass is 10.2. The summed E-state index contributed by atoms with van der Waals surface area (Å²) in [6, 6.07) is 76.0. The molecule has 0 fully saturated rings. The smallest absolute Gasteiger partial charge is 0.164 e. The van der Waals surface area contributed by atoms with Crippen molar-refractivity contribution in [3.63, 3.8) is 0 Å². The van der Waals surface area contributed by atoms with Gasteiger partial charge in [0, 0.05) is 67.5 Å². The van der Waals surface area contributed by atoms with E-state index in [2.05, 4.69) is 178 Å². The molecule has 0 radical (unpaired) electrons. The SMILES string of the molecule is CC1COc2ccccc2O1.Cc1cc2ccccc2n1C.Cc1cc2ccccc2o1.Cc1cc2ccccc2s1.Cc1ccc2c(c1)OCCO2.Cc1cccc2c1OCCO2.Cc1cn(C)c2ccccc12.Cc1coc2ccccc12.Cc1csc2ccccc12. The Kier molecular flexibility index (Phi) is 23.6. The van der Waals surface area contributed by atoms with E-state index >= 15 is 0 Å². The van der Waals surface area contributed by atoms with Gasteiger partial charge in [-0.25, -0.2) is 0 Å². The third-order valence-corrected chi connectivity index (χ3v) is 18.0. The monoisotopic (exact) mass is 1300 g/mol. The summed E-state index contributed by atoms with van der Waals surface area (Å²) in [6.07, 6.45) is 4.11. The minimum Gasteiger partial charge on any atom is -0.486 e. The van der Waals surface area contributed by atoms with Crippen LogP contribution in [0.5, 0.6) is 34.5 Å². The second-order valence-corrected chi connectivity index (χ2v) is 25.6. The van der Waals surface area contributed by atoms with Crippen LogP contribution in [0.15, 0.2) is 251 Å². The minimum absolute atomic E-state index is 0.171. The van der Waals surface area contributed by atoms with Crippen LogP contribution in [0.1, 0.15) is 51.1 Å². The van der Waals surface area contributed by atoms with E-state index in [1.807, 2.05) is 166 Å². The largest absolute Gasteiger partial charge is 0.486 e. The summed E-state index contributed by atoms with van der Waals surface area (Å²) in [6.45, 7) is 21.9. The standard InChI is InChI=1S/2C10H11N.3C9H10O2.2C9H8O.2C9H8S/c1-8-7-11(2)10-6-4-3-5-9(8)10;1-8-7-9-5-3-4-6-10(9)11(8)2;1-7-2-3-8-9(6-7)11-5-4-10-8;1-7-3-2-4-8-9(7)11-6-5-10-8;1-7-6-10-8-4-2-3-5-9(8)11-7;1-7-6-10-9-5-3-2-4-8(7)9;1-7-6-8-4-2-3-5-9(8)10-7;1-7-6-10-9-5-3-2-4-8(7)9;1-7-6-8-4-2-3-5-9(8)10-7/h2*3-7H,1-2H3;2-3,6H,4-5H2,1H3;2-4H,5-6H2,1H3;2-5,7H,6H2,1H3;4*2-6H,1H3. The molecule has 3 aliphatic heterocycles. The predicted molar refractivity (Wildman–Crippen MR) is 397 cm³/mol. The molecule has 0 aliphatic carbocycles. The van der Waals surface area contributed by atoms with Gasteiger partial charge in [-0.3, -0.25) is 0 Å². The topological polar surface area (TPSA) is 91.5 Å². The molecule has 9 aromatic carbocycles. The Bertz CT molecular complexity index is 4630. The van der Waals surface area contributed by atoms with Crippen molar-refractivity contribution in [2.45, 2.75) is 68.4 Å². The first-order valence-corrected chi connectivity index (χ1v) is 33.7. The molecule has 486 valence electrons. The Morgan fingerprint density at radius 3 is 1.72 bits per heavy atom. The fraction of sp³-hybridized carbons (Fsp3) is 0.205. The number of fused-ring (bicyclic) bond motifs is 9. The zero-order valence-electron chi connectivity index (χ0n) is 56.2. The van der Waals surface area contributed by atoms with Crippen molar-refractivity contribution >= 4 is 86.6 Å². The second-order valence-electron chi connectivity index (χ2n) is 23.4. The van der Waals surface area contributed by atoms with E-state index in [1.54, 1.807) is 6.26 Å². The van der Waals surface area contributed by atoms with Gasteiger partial charge in [0.15, 0.2) is 34.5 Å². The molecule has 0 saturated heterocycles. The molecule has 0 amide bonds. The second kappa shape index (κ2) is 33.1. The molecule has 95 heavy (non-hydrogen) atoms. The van der Waals surface area contributed by atoms with Gasteiger partial charge in [0.2, 0.25) is 0 Å². The predicted octanol–water partition coefficient (Wildman–Crippen LogP) is 22.3. The molecule has 18 rings (SSSR count). The summed E-state index contributed by atoms with van der Waals surface area (Å²) in [5, 5.41) is 10.0. The van der Waals surface area contributed by atoms with Crippen LogP contribution in [0.3, 0.4) is 0 Å². The highest BCUT2D eigenvalue weighted by Gasteiger charge is 2.16. The normalized spacial score (nSPS) is 12.8. The van der Waals surface area contributed by atoms with Crippen molar-refractivity contribution in [2.24, 2.45) is 14.1 Å². The highest BCUT2D eigenvalue weighted by molar-refractivity contribution is 7.19. The average Bonchev–Trinajstić information content (AvgIpc) is 1.90. The first kappa shape index (κ1) is 67.7. The third-order valence-electron chi connectivity index (χ3n) is 15.8. The Morgan fingerprint density at radius 2 is 1.01 bits per heavy atom. The summed E-state index contributed by atoms with van der Waals surface area (Å²) in [5.74, 6) is 6.19. The average molecular weight is 1300 g/mol. The number of furan rings is 2. The summed E-state index contributed by atoms with van der Waals surface area (Å²) >= 11 is 3.67. The van der Waals surface area contributed by atoms with Crippen LogP contribution < -0.4 is 28.4 Å². The molecular formula is C83H84N2O8S2. The quantitative estimate of drug-likeness (QED) is 0.148. The molecule has 3 aliphatic rings. The lowest BCUT2D eigenvalue weighted by molar-refractivity contribution is 0.104. The summed E-state index contributed by atoms with van der Waals surface area (Å²) in [7, 11) is 4.17. The lowest BCUT2D eigenvalue weighted by Gasteiger charge is -2.23. The van der Waals surface area contributed by atoms with Gasteiger partial charge in [0.1, 0.15) is 56.1 Å². The van der Waals surface area contributed by atoms with E-state index in [-0.39, 0.29) is 6.10 Å². The molecule has 15 aromatic rings. The summed E-state index contributed by atoms with van der Waals surface area (Å²) < 4.78 is 50.2. The van der Waals surface area contributed by atoms with Crippen LogP contribution in [0, 0.1) is 55.4 Å². The van der Waals surface area contributed by atoms with Gasteiger partial charge in [0.05, 0.1) is 6.26 Å². The minimum atomic E-state index is 0.171. The molecule has 12 heteroatoms. The molecule has 0 spiro atoms. The van der Waals surface area contributed by atoms with Gasteiger partial charge < -0.3 is 46.4 Å². The molecule has 10 nitrogen and oxygen atoms in total. The highest BCUT2D eigenvalue weighted by Crippen LogP contribution is 2.34. The van der Waals surface area contributed by atoms with Crippen molar-refractivity contribution in [1.82, 2.24) is 9.13 Å². The Balaban J connectivity index is 0.000000116. The van der Waals surface area contributed by atoms with Gasteiger partial charge in [-0.05, 0) is 197 Å². The number of hydrogen-bond donors (Lipinski definition) is 0. The van der Waals surface area contributed by atoms with Crippen molar-refractivity contribution in [2.75, 3.05) is 33.0 Å². The van der Waals surface area contributed by atoms with Crippen LogP contribution >= 0.6 is 22.7 Å². The van der Waals surface area contributed by atoms with Crippen molar-refractivity contribution in [3.05, 3.63) is 286 Å². The molecule has 1 unspecified atom stereocenters. The van der Waals surface area contributed by atoms with Crippen LogP contribution in [0.2, 0.25) is 0 Å². The number of rotatable bonds is 0. The summed E-state index contributed by atoms with van der Waals surface area (Å²) in [4.78, 5) is 1.39. The molecule has 0 saturated carbocycles. The Labute approximate surface area is 566 Å². The van der Waals surface area contributed by atoms with Crippen LogP contribution in [0.4, 0.5) is 0 Å². The van der Waals surface area contributed by atoms with Crippen LogP contribution in [-0.4, -0.2) is 48.3 Å². The van der Waals surface area contributed by atoms with Gasteiger partial charge in [-0.15, -0.1) is 22.7 Å². The van der Waals surface area contributed by atoms with Gasteiger partial charge in [-0.2, -0.15) is 0 Å². The highest BCUT2D eigenvalue weighted by atomic mass is 32.1. The van der Waals surface area contributed by atoms with Crippen molar-refractivity contribution < 1.29 is 37.3 Å². The zero-order chi connectivity index (χ0) is 66.6. The number of benzene rings is 9. The molecular weight excluding hydrogens is 1220 g/mol. The van der Waals surface area contributed by atoms with E-state index in [1.165, 1.54) is 85.6 Å². The molecule has 0 bridgehead atoms. The van der Waals surface area contributed by atoms with Crippen molar-refractivity contribution in [3.8, 4) is 34.5 Å². The number of aryl methyl sites for hydroxylation is 10. The molecule has 1 atom stereocenters. The maximum atomic E-state index is 5.51. The van der Waals surface area contributed by atoms with E-state index in [4.69, 9.17) is 37.3 Å². The number of ether oxygens (including phenoxy) is 6. The fourth-order valence-electron chi connectivity index (χ4n) is 10.9. The zero-order valence-corrected chi connectivity index (χ0v) is 57.8. The van der Waals surface area contributed by atoms with Gasteiger partial charge in [0.25, 0.3) is 0 Å².